The Balaban J connectivity index is 2.51. The van der Waals surface area contributed by atoms with E-state index < -0.39 is 0 Å². The quantitative estimate of drug-likeness (QED) is 0.369. The molecule has 0 unspecified atom stereocenters. The van der Waals surface area contributed by atoms with Gasteiger partial charge in [-0.15, -0.1) is 0 Å². The first-order chi connectivity index (χ1) is 6.22. The molecule has 0 radical (unpaired) electrons. The maximum absolute atomic E-state index is 5.43. The molecule has 3 nitrogen and oxygen atoms in total. The van der Waals surface area contributed by atoms with E-state index in [9.17, 15) is 0 Å². The Hall–Kier alpha value is -0.680. The topological polar surface area (TPSA) is 64.4 Å². The first kappa shape index (κ1) is 10.4. The normalized spacial score (nSPS) is 11.6. The number of hydrogen-bond donors (Lipinski definition) is 2. The summed E-state index contributed by atoms with van der Waals surface area (Å²) >= 11 is 4.79. The van der Waals surface area contributed by atoms with Crippen molar-refractivity contribution in [3.8, 4) is 0 Å². The zero-order chi connectivity index (χ0) is 9.68. The Morgan fingerprint density at radius 1 is 1.38 bits per heavy atom. The lowest BCUT2D eigenvalue weighted by Crippen LogP contribution is -2.09. The Labute approximate surface area is 89.7 Å². The van der Waals surface area contributed by atoms with Gasteiger partial charge in [0.1, 0.15) is 0 Å². The maximum atomic E-state index is 5.43. The first-order valence-electron chi connectivity index (χ1n) is 3.63. The second-order valence-corrected chi connectivity index (χ2v) is 4.29. The predicted octanol–water partition coefficient (Wildman–Crippen LogP) is 1.87. The van der Waals surface area contributed by atoms with Crippen molar-refractivity contribution in [1.29, 1.82) is 0 Å². The average Bonchev–Trinajstić information content (AvgIpc) is 2.16. The zero-order valence-electron chi connectivity index (χ0n) is 6.90. The summed E-state index contributed by atoms with van der Waals surface area (Å²) in [6, 6.07) is 8.04. The minimum Gasteiger partial charge on any atom is -0.377 e. The van der Waals surface area contributed by atoms with E-state index in [1.165, 1.54) is 17.3 Å². The third-order valence-electron chi connectivity index (χ3n) is 1.43. The molecule has 4 N–H and O–H groups in total. The SMILES string of the molecule is NN=C(N)SCc1ccc(Br)cc1. The number of benzene rings is 1. The van der Waals surface area contributed by atoms with E-state index in [-0.39, 0.29) is 0 Å². The van der Waals surface area contributed by atoms with Crippen molar-refractivity contribution in [2.45, 2.75) is 5.75 Å². The standard InChI is InChI=1S/C8H10BrN3S/c9-7-3-1-6(2-4-7)5-13-8(10)12-11/h1-4H,5,11H2,(H2,10,12). The lowest BCUT2D eigenvalue weighted by molar-refractivity contribution is 1.25. The number of nitrogens with zero attached hydrogens (tertiary/aromatic N) is 1. The molecule has 0 atom stereocenters. The molecule has 0 aliphatic carbocycles. The fourth-order valence-corrected chi connectivity index (χ4v) is 1.62. The van der Waals surface area contributed by atoms with Crippen molar-refractivity contribution >= 4 is 32.9 Å². The molecule has 1 rings (SSSR count). The Bertz CT molecular complexity index is 297. The maximum Gasteiger partial charge on any atom is 0.177 e. The number of hydrogen-bond acceptors (Lipinski definition) is 3. The van der Waals surface area contributed by atoms with Crippen LogP contribution in [0.25, 0.3) is 0 Å². The predicted molar refractivity (Wildman–Crippen MR) is 61.2 cm³/mol. The van der Waals surface area contributed by atoms with Gasteiger partial charge >= 0.3 is 0 Å². The van der Waals surface area contributed by atoms with Gasteiger partial charge in [0.25, 0.3) is 0 Å². The number of amidine groups is 1. The highest BCUT2D eigenvalue weighted by Crippen LogP contribution is 2.15. The smallest absolute Gasteiger partial charge is 0.177 e. The fourth-order valence-electron chi connectivity index (χ4n) is 0.775. The molecule has 0 heterocycles. The molecule has 0 aromatic heterocycles. The molecular weight excluding hydrogens is 250 g/mol. The summed E-state index contributed by atoms with van der Waals surface area (Å²) in [5.41, 5.74) is 6.62. The van der Waals surface area contributed by atoms with Gasteiger partial charge in [0.15, 0.2) is 5.17 Å². The summed E-state index contributed by atoms with van der Waals surface area (Å²) in [6.45, 7) is 0. The second-order valence-electron chi connectivity index (χ2n) is 2.38. The number of thioether (sulfide) groups is 1. The van der Waals surface area contributed by atoms with Crippen LogP contribution in [0.5, 0.6) is 0 Å². The van der Waals surface area contributed by atoms with Crippen molar-refractivity contribution < 1.29 is 0 Å². The van der Waals surface area contributed by atoms with E-state index in [1.807, 2.05) is 24.3 Å². The average molecular weight is 260 g/mol. The van der Waals surface area contributed by atoms with Gasteiger partial charge in [-0.3, -0.25) is 0 Å². The van der Waals surface area contributed by atoms with Crippen LogP contribution in [0.1, 0.15) is 5.56 Å². The molecule has 0 saturated carbocycles. The van der Waals surface area contributed by atoms with E-state index in [0.717, 1.165) is 10.2 Å². The van der Waals surface area contributed by atoms with Gasteiger partial charge in [-0.25, -0.2) is 0 Å². The molecule has 13 heavy (non-hydrogen) atoms. The Morgan fingerprint density at radius 3 is 2.54 bits per heavy atom. The van der Waals surface area contributed by atoms with Crippen molar-refractivity contribution in [3.63, 3.8) is 0 Å². The summed E-state index contributed by atoms with van der Waals surface area (Å²) in [5.74, 6) is 5.79. The summed E-state index contributed by atoms with van der Waals surface area (Å²) in [5, 5.41) is 3.77. The van der Waals surface area contributed by atoms with Crippen LogP contribution >= 0.6 is 27.7 Å². The zero-order valence-corrected chi connectivity index (χ0v) is 9.31. The highest BCUT2D eigenvalue weighted by molar-refractivity contribution is 9.10. The van der Waals surface area contributed by atoms with E-state index in [0.29, 0.717) is 5.17 Å². The van der Waals surface area contributed by atoms with E-state index in [2.05, 4.69) is 21.0 Å². The number of nitrogens with two attached hydrogens (primary N) is 2. The van der Waals surface area contributed by atoms with Gasteiger partial charge < -0.3 is 11.6 Å². The van der Waals surface area contributed by atoms with Crippen LogP contribution in [0.15, 0.2) is 33.8 Å². The van der Waals surface area contributed by atoms with Gasteiger partial charge in [-0.2, -0.15) is 5.10 Å². The van der Waals surface area contributed by atoms with Crippen LogP contribution < -0.4 is 11.6 Å². The highest BCUT2D eigenvalue weighted by atomic mass is 79.9. The molecule has 0 amide bonds. The van der Waals surface area contributed by atoms with Crippen molar-refractivity contribution in [2.24, 2.45) is 16.7 Å². The largest absolute Gasteiger partial charge is 0.377 e. The summed E-state index contributed by atoms with van der Waals surface area (Å²) in [4.78, 5) is 0. The van der Waals surface area contributed by atoms with Crippen molar-refractivity contribution in [3.05, 3.63) is 34.3 Å². The number of halogens is 1. The number of hydrazone groups is 1. The third-order valence-corrected chi connectivity index (χ3v) is 2.83. The molecule has 0 aliphatic heterocycles. The highest BCUT2D eigenvalue weighted by Gasteiger charge is 1.95. The first-order valence-corrected chi connectivity index (χ1v) is 5.41. The van der Waals surface area contributed by atoms with Gasteiger partial charge in [-0.1, -0.05) is 39.8 Å². The van der Waals surface area contributed by atoms with E-state index >= 15 is 0 Å². The van der Waals surface area contributed by atoms with Gasteiger partial charge in [0.2, 0.25) is 0 Å². The van der Waals surface area contributed by atoms with Gasteiger partial charge in [-0.05, 0) is 17.7 Å². The summed E-state index contributed by atoms with van der Waals surface area (Å²) in [7, 11) is 0. The Morgan fingerprint density at radius 2 is 2.00 bits per heavy atom. The van der Waals surface area contributed by atoms with Crippen LogP contribution in [0.2, 0.25) is 0 Å². The fraction of sp³-hybridized carbons (Fsp3) is 0.125. The van der Waals surface area contributed by atoms with Crippen LogP contribution in [0.3, 0.4) is 0 Å². The molecule has 1 aromatic carbocycles. The monoisotopic (exact) mass is 259 g/mol. The minimum atomic E-state index is 0.405. The molecule has 0 spiro atoms. The van der Waals surface area contributed by atoms with Crippen LogP contribution in [0.4, 0.5) is 0 Å². The molecule has 1 aromatic rings. The second kappa shape index (κ2) is 5.14. The molecule has 70 valence electrons. The summed E-state index contributed by atoms with van der Waals surface area (Å²) in [6.07, 6.45) is 0. The minimum absolute atomic E-state index is 0.405. The van der Waals surface area contributed by atoms with Gasteiger partial charge in [0.05, 0.1) is 0 Å². The molecule has 5 heteroatoms. The molecule has 0 aliphatic rings. The van der Waals surface area contributed by atoms with E-state index in [1.54, 1.807) is 0 Å². The lowest BCUT2D eigenvalue weighted by Gasteiger charge is -1.99. The van der Waals surface area contributed by atoms with Gasteiger partial charge in [0, 0.05) is 10.2 Å². The Kier molecular flexibility index (Phi) is 4.11. The van der Waals surface area contributed by atoms with Crippen LogP contribution in [0, 0.1) is 0 Å². The van der Waals surface area contributed by atoms with E-state index in [4.69, 9.17) is 11.6 Å². The molecule has 0 bridgehead atoms. The lowest BCUT2D eigenvalue weighted by atomic mass is 10.2. The number of rotatable bonds is 2. The third kappa shape index (κ3) is 3.69. The summed E-state index contributed by atoms with van der Waals surface area (Å²) < 4.78 is 1.07. The molecule has 0 fully saturated rings. The molecule has 0 saturated heterocycles. The van der Waals surface area contributed by atoms with Crippen LogP contribution in [-0.4, -0.2) is 5.17 Å². The van der Waals surface area contributed by atoms with Crippen molar-refractivity contribution in [1.82, 2.24) is 0 Å². The van der Waals surface area contributed by atoms with Crippen molar-refractivity contribution in [2.75, 3.05) is 0 Å². The molecular formula is C8H10BrN3S. The van der Waals surface area contributed by atoms with Crippen LogP contribution in [-0.2, 0) is 5.75 Å².